The molecule has 0 saturated carbocycles. The topological polar surface area (TPSA) is 29.5 Å². The molecule has 0 saturated heterocycles. The lowest BCUT2D eigenvalue weighted by atomic mass is 9.93. The van der Waals surface area contributed by atoms with Crippen LogP contribution in [-0.4, -0.2) is 17.3 Å². The fourth-order valence-electron chi connectivity index (χ4n) is 2.46. The van der Waals surface area contributed by atoms with E-state index in [9.17, 15) is 5.11 Å². The van der Waals surface area contributed by atoms with E-state index >= 15 is 0 Å². The van der Waals surface area contributed by atoms with Crippen LogP contribution in [0.2, 0.25) is 0 Å². The molecule has 0 atom stereocenters. The van der Waals surface area contributed by atoms with E-state index in [1.165, 1.54) is 16.7 Å². The smallest absolute Gasteiger partial charge is 0.0875 e. The third kappa shape index (κ3) is 9.21. The summed E-state index contributed by atoms with van der Waals surface area (Å²) in [5.41, 5.74) is 3.74. The second kappa shape index (κ2) is 11.9. The van der Waals surface area contributed by atoms with Gasteiger partial charge in [0.1, 0.15) is 0 Å². The second-order valence-corrected chi connectivity index (χ2v) is 7.37. The summed E-state index contributed by atoms with van der Waals surface area (Å²) >= 11 is 0. The third-order valence-corrected chi connectivity index (χ3v) is 4.12. The molecule has 0 fully saturated rings. The van der Waals surface area contributed by atoms with Gasteiger partial charge >= 0.3 is 0 Å². The van der Waals surface area contributed by atoms with E-state index in [0.29, 0.717) is 13.0 Å². The molecular weight excluding hydrogens is 332 g/mol. The Balaban J connectivity index is 0.00000158. The summed E-state index contributed by atoms with van der Waals surface area (Å²) in [4.78, 5) is 0. The van der Waals surface area contributed by atoms with Crippen LogP contribution in [0.5, 0.6) is 0 Å². The van der Waals surface area contributed by atoms with E-state index < -0.39 is 5.60 Å². The summed E-state index contributed by atoms with van der Waals surface area (Å²) in [6.45, 7) is 18.4. The molecule has 2 nitrogen and oxygen atoms in total. The molecule has 0 radical (unpaired) electrons. The molecule has 0 spiro atoms. The zero-order chi connectivity index (χ0) is 21.1. The van der Waals surface area contributed by atoms with Gasteiger partial charge in [-0.25, -0.2) is 0 Å². The molecule has 0 unspecified atom stereocenters. The molecule has 1 N–H and O–H groups in total. The first-order chi connectivity index (χ1) is 12.7. The Morgan fingerprint density at radius 3 is 1.89 bits per heavy atom. The highest BCUT2D eigenvalue weighted by Gasteiger charge is 2.23. The molecular formula is C25H40O2. The maximum Gasteiger partial charge on any atom is 0.0875 e. The summed E-state index contributed by atoms with van der Waals surface area (Å²) in [6, 6.07) is 17.1. The van der Waals surface area contributed by atoms with Gasteiger partial charge in [0, 0.05) is 0 Å². The van der Waals surface area contributed by atoms with Crippen molar-refractivity contribution in [2.45, 2.75) is 79.9 Å². The molecule has 0 aromatic heterocycles. The lowest BCUT2D eigenvalue weighted by Gasteiger charge is -2.28. The summed E-state index contributed by atoms with van der Waals surface area (Å²) in [6.07, 6.45) is 0.619. The molecule has 0 amide bonds. The van der Waals surface area contributed by atoms with Gasteiger partial charge < -0.3 is 9.84 Å². The third-order valence-electron chi connectivity index (χ3n) is 4.12. The number of aliphatic hydroxyl groups is 1. The molecule has 0 aliphatic heterocycles. The van der Waals surface area contributed by atoms with Gasteiger partial charge in [0.2, 0.25) is 0 Å². The number of hydrogen-bond acceptors (Lipinski definition) is 2. The Morgan fingerprint density at radius 2 is 1.37 bits per heavy atom. The van der Waals surface area contributed by atoms with Gasteiger partial charge in [0.05, 0.1) is 17.8 Å². The van der Waals surface area contributed by atoms with Crippen molar-refractivity contribution in [2.75, 3.05) is 6.61 Å². The van der Waals surface area contributed by atoms with Crippen molar-refractivity contribution in [3.8, 4) is 11.1 Å². The van der Waals surface area contributed by atoms with Gasteiger partial charge in [-0.05, 0) is 63.8 Å². The van der Waals surface area contributed by atoms with Gasteiger partial charge in [-0.2, -0.15) is 0 Å². The molecule has 152 valence electrons. The minimum Gasteiger partial charge on any atom is -0.390 e. The van der Waals surface area contributed by atoms with Crippen molar-refractivity contribution in [2.24, 2.45) is 0 Å². The highest BCUT2D eigenvalue weighted by atomic mass is 16.5. The maximum atomic E-state index is 9.82. The highest BCUT2D eigenvalue weighted by Crippen LogP contribution is 2.29. The van der Waals surface area contributed by atoms with Crippen LogP contribution in [0, 0.1) is 6.92 Å². The zero-order valence-electron chi connectivity index (χ0n) is 18.9. The lowest BCUT2D eigenvalue weighted by molar-refractivity contribution is -0.0494. The Kier molecular flexibility index (Phi) is 11.2. The predicted molar refractivity (Wildman–Crippen MR) is 119 cm³/mol. The summed E-state index contributed by atoms with van der Waals surface area (Å²) in [7, 11) is 0. The zero-order valence-corrected chi connectivity index (χ0v) is 18.9. The maximum absolute atomic E-state index is 9.82. The average molecular weight is 373 g/mol. The van der Waals surface area contributed by atoms with Crippen molar-refractivity contribution in [3.05, 3.63) is 59.7 Å². The first kappa shape index (κ1) is 25.4. The lowest BCUT2D eigenvalue weighted by Crippen LogP contribution is -2.27. The monoisotopic (exact) mass is 372 g/mol. The van der Waals surface area contributed by atoms with Crippen LogP contribution >= 0.6 is 0 Å². The van der Waals surface area contributed by atoms with Crippen molar-refractivity contribution in [1.29, 1.82) is 0 Å². The average Bonchev–Trinajstić information content (AvgIpc) is 2.64. The van der Waals surface area contributed by atoms with Crippen LogP contribution in [0.1, 0.15) is 72.9 Å². The van der Waals surface area contributed by atoms with E-state index in [-0.39, 0.29) is 5.60 Å². The largest absolute Gasteiger partial charge is 0.390 e. The minimum absolute atomic E-state index is 0.383. The van der Waals surface area contributed by atoms with Crippen LogP contribution in [0.3, 0.4) is 0 Å². The number of rotatable bonds is 6. The molecule has 0 aliphatic rings. The normalized spacial score (nSPS) is 11.0. The SMILES string of the molecule is CC.CC.Cc1ccc(-c2cccc(C(C)(C)OCCC(C)(C)O)c2)cc1. The van der Waals surface area contributed by atoms with E-state index in [2.05, 4.69) is 69.3 Å². The minimum atomic E-state index is -0.695. The molecule has 0 heterocycles. The van der Waals surface area contributed by atoms with E-state index in [0.717, 1.165) is 5.56 Å². The van der Waals surface area contributed by atoms with Crippen LogP contribution in [0.4, 0.5) is 0 Å². The highest BCUT2D eigenvalue weighted by molar-refractivity contribution is 5.64. The molecule has 2 rings (SSSR count). The molecule has 2 aromatic rings. The van der Waals surface area contributed by atoms with Gasteiger partial charge in [-0.1, -0.05) is 75.7 Å². The summed E-state index contributed by atoms with van der Waals surface area (Å²) in [5, 5.41) is 9.82. The van der Waals surface area contributed by atoms with Crippen molar-refractivity contribution < 1.29 is 9.84 Å². The molecule has 0 bridgehead atoms. The molecule has 2 heteroatoms. The summed E-state index contributed by atoms with van der Waals surface area (Å²) in [5.74, 6) is 0. The van der Waals surface area contributed by atoms with Crippen LogP contribution in [0.25, 0.3) is 11.1 Å². The summed E-state index contributed by atoms with van der Waals surface area (Å²) < 4.78 is 6.04. The molecule has 27 heavy (non-hydrogen) atoms. The van der Waals surface area contributed by atoms with Gasteiger partial charge in [0.15, 0.2) is 0 Å². The van der Waals surface area contributed by atoms with Crippen molar-refractivity contribution >= 4 is 0 Å². The molecule has 2 aromatic carbocycles. The Bertz CT molecular complexity index is 634. The Labute approximate surface area is 167 Å². The van der Waals surface area contributed by atoms with Crippen molar-refractivity contribution in [3.63, 3.8) is 0 Å². The second-order valence-electron chi connectivity index (χ2n) is 7.37. The van der Waals surface area contributed by atoms with Gasteiger partial charge in [-0.3, -0.25) is 0 Å². The quantitative estimate of drug-likeness (QED) is 0.584. The van der Waals surface area contributed by atoms with Crippen LogP contribution in [0.15, 0.2) is 48.5 Å². The van der Waals surface area contributed by atoms with E-state index in [1.54, 1.807) is 13.8 Å². The number of aryl methyl sites for hydroxylation is 1. The molecule has 0 aliphatic carbocycles. The van der Waals surface area contributed by atoms with Crippen LogP contribution < -0.4 is 0 Å². The number of hydrogen-bond donors (Lipinski definition) is 1. The standard InChI is InChI=1S/C21H28O2.2C2H6/c1-16-9-11-17(12-10-16)18-7-6-8-19(15-18)21(4,5)23-14-13-20(2,3)22;2*1-2/h6-12,15,22H,13-14H2,1-5H3;2*1-2H3. The first-order valence-electron chi connectivity index (χ1n) is 10.2. The fourth-order valence-corrected chi connectivity index (χ4v) is 2.46. The predicted octanol–water partition coefficient (Wildman–Crippen LogP) is 7.13. The first-order valence-corrected chi connectivity index (χ1v) is 10.2. The fraction of sp³-hybridized carbons (Fsp3) is 0.520. The van der Waals surface area contributed by atoms with Gasteiger partial charge in [0.25, 0.3) is 0 Å². The van der Waals surface area contributed by atoms with Crippen molar-refractivity contribution in [1.82, 2.24) is 0 Å². The Hall–Kier alpha value is -1.64. The van der Waals surface area contributed by atoms with E-state index in [4.69, 9.17) is 4.74 Å². The number of ether oxygens (including phenoxy) is 1. The van der Waals surface area contributed by atoms with Gasteiger partial charge in [-0.15, -0.1) is 0 Å². The Morgan fingerprint density at radius 1 is 0.815 bits per heavy atom. The van der Waals surface area contributed by atoms with E-state index in [1.807, 2.05) is 27.7 Å². The van der Waals surface area contributed by atoms with Crippen LogP contribution in [-0.2, 0) is 10.3 Å². The number of benzene rings is 2.